The van der Waals surface area contributed by atoms with Crippen molar-refractivity contribution in [2.75, 3.05) is 20.6 Å². The van der Waals surface area contributed by atoms with Crippen molar-refractivity contribution in [3.05, 3.63) is 27.3 Å². The van der Waals surface area contributed by atoms with E-state index in [9.17, 15) is 14.7 Å². The van der Waals surface area contributed by atoms with Crippen molar-refractivity contribution in [2.45, 2.75) is 0 Å². The smallest absolute Gasteiger partial charge is 0.254 e. The molecule has 1 rings (SSSR count). The van der Waals surface area contributed by atoms with Crippen LogP contribution in [0.25, 0.3) is 0 Å². The lowest BCUT2D eigenvalue weighted by Crippen LogP contribution is -2.36. The van der Waals surface area contributed by atoms with Crippen molar-refractivity contribution < 1.29 is 14.7 Å². The summed E-state index contributed by atoms with van der Waals surface area (Å²) in [5.41, 5.74) is 0.356. The number of nitrogens with zero attached hydrogens (tertiary/aromatic N) is 1. The van der Waals surface area contributed by atoms with Crippen LogP contribution in [0.4, 0.5) is 0 Å². The molecule has 0 atom stereocenters. The minimum absolute atomic E-state index is 0.0118. The van der Waals surface area contributed by atoms with Gasteiger partial charge in [0.15, 0.2) is 0 Å². The summed E-state index contributed by atoms with van der Waals surface area (Å²) < 4.78 is 0.674. The molecule has 0 radical (unpaired) electrons. The summed E-state index contributed by atoms with van der Waals surface area (Å²) in [7, 11) is 3.05. The van der Waals surface area contributed by atoms with Crippen molar-refractivity contribution >= 4 is 34.4 Å². The van der Waals surface area contributed by atoms with Crippen LogP contribution in [-0.2, 0) is 4.79 Å². The van der Waals surface area contributed by atoms with Gasteiger partial charge in [0.2, 0.25) is 5.91 Å². The van der Waals surface area contributed by atoms with Crippen LogP contribution >= 0.6 is 22.6 Å². The first kappa shape index (κ1) is 13.8. The lowest BCUT2D eigenvalue weighted by Gasteiger charge is -2.16. The first-order chi connectivity index (χ1) is 7.95. The van der Waals surface area contributed by atoms with Gasteiger partial charge in [0, 0.05) is 19.7 Å². The van der Waals surface area contributed by atoms with Crippen molar-refractivity contribution in [3.8, 4) is 5.75 Å². The third-order valence-electron chi connectivity index (χ3n) is 2.20. The zero-order chi connectivity index (χ0) is 13.0. The molecule has 5 nitrogen and oxygen atoms in total. The Balaban J connectivity index is 2.81. The topological polar surface area (TPSA) is 69.6 Å². The van der Waals surface area contributed by atoms with Gasteiger partial charge in [-0.15, -0.1) is 0 Å². The number of halogens is 1. The Morgan fingerprint density at radius 3 is 2.65 bits per heavy atom. The fourth-order valence-corrected chi connectivity index (χ4v) is 1.57. The van der Waals surface area contributed by atoms with Crippen molar-refractivity contribution in [2.24, 2.45) is 0 Å². The van der Waals surface area contributed by atoms with Crippen LogP contribution in [0.2, 0.25) is 0 Å². The summed E-state index contributed by atoms with van der Waals surface area (Å²) in [5, 5.41) is 11.9. The second kappa shape index (κ2) is 5.85. The Bertz CT molecular complexity index is 448. The summed E-state index contributed by atoms with van der Waals surface area (Å²) in [6.07, 6.45) is 0. The Labute approximate surface area is 113 Å². The highest BCUT2D eigenvalue weighted by Crippen LogP contribution is 2.21. The number of nitrogens with one attached hydrogen (secondary N) is 1. The quantitative estimate of drug-likeness (QED) is 0.795. The minimum atomic E-state index is -0.305. The fourth-order valence-electron chi connectivity index (χ4n) is 1.23. The van der Waals surface area contributed by atoms with E-state index in [2.05, 4.69) is 5.32 Å². The molecule has 0 fully saturated rings. The summed E-state index contributed by atoms with van der Waals surface area (Å²) in [6, 6.07) is 4.66. The number of amides is 2. The van der Waals surface area contributed by atoms with E-state index in [1.54, 1.807) is 12.1 Å². The summed E-state index contributed by atoms with van der Waals surface area (Å²) >= 11 is 1.97. The van der Waals surface area contributed by atoms with E-state index < -0.39 is 0 Å². The Hall–Kier alpha value is -1.31. The molecule has 0 aliphatic rings. The molecule has 0 heterocycles. The van der Waals surface area contributed by atoms with Crippen LogP contribution in [0.1, 0.15) is 10.4 Å². The number of rotatable bonds is 3. The molecule has 6 heteroatoms. The highest BCUT2D eigenvalue weighted by Gasteiger charge is 2.15. The van der Waals surface area contributed by atoms with E-state index in [1.807, 2.05) is 22.6 Å². The maximum atomic E-state index is 11.9. The molecule has 1 aromatic rings. The van der Waals surface area contributed by atoms with Crippen LogP contribution in [0.3, 0.4) is 0 Å². The molecule has 0 saturated heterocycles. The van der Waals surface area contributed by atoms with Crippen LogP contribution in [-0.4, -0.2) is 42.5 Å². The van der Waals surface area contributed by atoms with E-state index in [1.165, 1.54) is 25.1 Å². The number of hydrogen-bond donors (Lipinski definition) is 2. The summed E-state index contributed by atoms with van der Waals surface area (Å²) in [6.45, 7) is -0.0118. The lowest BCUT2D eigenvalue weighted by atomic mass is 10.2. The maximum absolute atomic E-state index is 11.9. The number of carbonyl (C=O) groups excluding carboxylic acids is 2. The van der Waals surface area contributed by atoms with Crippen molar-refractivity contribution in [1.82, 2.24) is 10.2 Å². The highest BCUT2D eigenvalue weighted by atomic mass is 127. The van der Waals surface area contributed by atoms with Gasteiger partial charge in [-0.3, -0.25) is 9.59 Å². The van der Waals surface area contributed by atoms with Gasteiger partial charge in [-0.25, -0.2) is 0 Å². The molecule has 0 spiro atoms. The van der Waals surface area contributed by atoms with Gasteiger partial charge >= 0.3 is 0 Å². The molecule has 0 unspecified atom stereocenters. The first-order valence-electron chi connectivity index (χ1n) is 4.90. The normalized spacial score (nSPS) is 9.82. The number of phenols is 1. The van der Waals surface area contributed by atoms with Gasteiger partial charge in [-0.05, 0) is 40.8 Å². The van der Waals surface area contributed by atoms with E-state index in [4.69, 9.17) is 0 Å². The van der Waals surface area contributed by atoms with Crippen LogP contribution in [0.15, 0.2) is 18.2 Å². The first-order valence-corrected chi connectivity index (χ1v) is 5.98. The fraction of sp³-hybridized carbons (Fsp3) is 0.273. The number of phenolic OH excluding ortho intramolecular Hbond substituents is 1. The Morgan fingerprint density at radius 2 is 2.12 bits per heavy atom. The standard InChI is InChI=1S/C11H13IN2O3/c1-13-10(16)6-14(2)11(17)7-3-4-8(12)9(15)5-7/h3-5,15H,6H2,1-2H3,(H,13,16). The highest BCUT2D eigenvalue weighted by molar-refractivity contribution is 14.1. The van der Waals surface area contributed by atoms with Gasteiger partial charge in [0.1, 0.15) is 5.75 Å². The van der Waals surface area contributed by atoms with E-state index >= 15 is 0 Å². The lowest BCUT2D eigenvalue weighted by molar-refractivity contribution is -0.121. The Morgan fingerprint density at radius 1 is 1.47 bits per heavy atom. The van der Waals surface area contributed by atoms with Gasteiger partial charge in [0.05, 0.1) is 10.1 Å². The molecule has 2 amide bonds. The molecule has 2 N–H and O–H groups in total. The van der Waals surface area contributed by atoms with Crippen LogP contribution in [0.5, 0.6) is 5.75 Å². The van der Waals surface area contributed by atoms with Crippen LogP contribution < -0.4 is 5.32 Å². The van der Waals surface area contributed by atoms with Gasteiger partial charge in [-0.2, -0.15) is 0 Å². The van der Waals surface area contributed by atoms with E-state index in [0.717, 1.165) is 0 Å². The zero-order valence-electron chi connectivity index (χ0n) is 9.53. The van der Waals surface area contributed by atoms with Gasteiger partial charge < -0.3 is 15.3 Å². The SMILES string of the molecule is CNC(=O)CN(C)C(=O)c1ccc(I)c(O)c1. The second-order valence-electron chi connectivity index (χ2n) is 3.50. The largest absolute Gasteiger partial charge is 0.507 e. The average Bonchev–Trinajstić information content (AvgIpc) is 2.31. The minimum Gasteiger partial charge on any atom is -0.507 e. The molecule has 0 aliphatic heterocycles. The molecular weight excluding hydrogens is 335 g/mol. The zero-order valence-corrected chi connectivity index (χ0v) is 11.7. The van der Waals surface area contributed by atoms with Crippen LogP contribution in [0, 0.1) is 3.57 Å². The average molecular weight is 348 g/mol. The van der Waals surface area contributed by atoms with Gasteiger partial charge in [0.25, 0.3) is 5.91 Å². The van der Waals surface area contributed by atoms with Crippen molar-refractivity contribution in [3.63, 3.8) is 0 Å². The number of carbonyl (C=O) groups is 2. The molecule has 0 aromatic heterocycles. The number of benzene rings is 1. The number of likely N-dealkylation sites (N-methyl/N-ethyl adjacent to an activating group) is 2. The molecule has 0 bridgehead atoms. The maximum Gasteiger partial charge on any atom is 0.254 e. The molecule has 0 saturated carbocycles. The third kappa shape index (κ3) is 3.58. The molecule has 0 aliphatic carbocycles. The summed E-state index contributed by atoms with van der Waals surface area (Å²) in [4.78, 5) is 24.3. The predicted molar refractivity (Wildman–Crippen MR) is 71.9 cm³/mol. The molecular formula is C11H13IN2O3. The predicted octanol–water partition coefficient (Wildman–Crippen LogP) is 0.815. The third-order valence-corrected chi connectivity index (χ3v) is 3.11. The van der Waals surface area contributed by atoms with Crippen molar-refractivity contribution in [1.29, 1.82) is 0 Å². The number of hydrogen-bond acceptors (Lipinski definition) is 3. The molecule has 17 heavy (non-hydrogen) atoms. The monoisotopic (exact) mass is 348 g/mol. The summed E-state index contributed by atoms with van der Waals surface area (Å²) in [5.74, 6) is -0.485. The Kier molecular flexibility index (Phi) is 4.73. The second-order valence-corrected chi connectivity index (χ2v) is 4.66. The van der Waals surface area contributed by atoms with Gasteiger partial charge in [-0.1, -0.05) is 0 Å². The van der Waals surface area contributed by atoms with E-state index in [-0.39, 0.29) is 24.1 Å². The molecule has 92 valence electrons. The van der Waals surface area contributed by atoms with E-state index in [0.29, 0.717) is 9.13 Å². The molecule has 1 aromatic carbocycles. The number of aromatic hydroxyl groups is 1.